The minimum absolute atomic E-state index is 0.0979. The Hall–Kier alpha value is -1.62. The molecule has 0 fully saturated rings. The molecule has 1 aromatic heterocycles. The smallest absolute Gasteiger partial charge is 0.267 e. The summed E-state index contributed by atoms with van der Waals surface area (Å²) < 4.78 is 14.4. The Morgan fingerprint density at radius 2 is 2.00 bits per heavy atom. The molecular weight excluding hydrogens is 275 g/mol. The van der Waals surface area contributed by atoms with Crippen LogP contribution in [0.25, 0.3) is 11.3 Å². The van der Waals surface area contributed by atoms with Gasteiger partial charge in [-0.25, -0.2) is 9.07 Å². The first-order valence-electron chi connectivity index (χ1n) is 6.63. The lowest BCUT2D eigenvalue weighted by Crippen LogP contribution is -2.26. The lowest BCUT2D eigenvalue weighted by atomic mass is 10.1. The molecule has 0 amide bonds. The van der Waals surface area contributed by atoms with Gasteiger partial charge in [0.1, 0.15) is 5.82 Å². The van der Waals surface area contributed by atoms with Crippen LogP contribution in [0.1, 0.15) is 25.3 Å². The summed E-state index contributed by atoms with van der Waals surface area (Å²) >= 11 is 4.19. The zero-order valence-corrected chi connectivity index (χ0v) is 12.2. The molecule has 0 radical (unpaired) electrons. The van der Waals surface area contributed by atoms with Crippen LogP contribution in [-0.2, 0) is 12.3 Å². The number of benzene rings is 1. The molecule has 0 N–H and O–H groups in total. The van der Waals surface area contributed by atoms with Crippen molar-refractivity contribution >= 4 is 12.6 Å². The van der Waals surface area contributed by atoms with Crippen LogP contribution in [0.2, 0.25) is 0 Å². The van der Waals surface area contributed by atoms with Crippen LogP contribution in [-0.4, -0.2) is 9.78 Å². The quantitative estimate of drug-likeness (QED) is 0.858. The Balaban J connectivity index is 2.47. The zero-order chi connectivity index (χ0) is 14.5. The van der Waals surface area contributed by atoms with Crippen molar-refractivity contribution in [1.82, 2.24) is 9.78 Å². The monoisotopic (exact) mass is 292 g/mol. The summed E-state index contributed by atoms with van der Waals surface area (Å²) in [5.41, 5.74) is 1.97. The first-order valence-corrected chi connectivity index (χ1v) is 7.26. The molecule has 5 heteroatoms. The predicted octanol–water partition coefficient (Wildman–Crippen LogP) is 3.28. The van der Waals surface area contributed by atoms with Gasteiger partial charge in [0, 0.05) is 23.4 Å². The summed E-state index contributed by atoms with van der Waals surface area (Å²) in [5, 5.41) is 4.37. The standard InChI is InChI=1S/C15H17FN2OS/c1-2-3-8-18-15(19)12(10-20)9-14(17-18)11-4-6-13(16)7-5-11/h4-7,9,20H,2-3,8,10H2,1H3. The first-order chi connectivity index (χ1) is 9.65. The maximum absolute atomic E-state index is 13.0. The molecule has 0 spiro atoms. The van der Waals surface area contributed by atoms with E-state index in [-0.39, 0.29) is 11.4 Å². The third-order valence-electron chi connectivity index (χ3n) is 3.08. The highest BCUT2D eigenvalue weighted by molar-refractivity contribution is 7.79. The van der Waals surface area contributed by atoms with Crippen molar-refractivity contribution in [3.63, 3.8) is 0 Å². The summed E-state index contributed by atoms with van der Waals surface area (Å²) in [5.74, 6) is 0.0734. The molecule has 0 saturated heterocycles. The molecule has 1 heterocycles. The molecule has 0 saturated carbocycles. The van der Waals surface area contributed by atoms with Crippen LogP contribution in [0.15, 0.2) is 35.1 Å². The van der Waals surface area contributed by atoms with Gasteiger partial charge in [-0.1, -0.05) is 13.3 Å². The Labute approximate surface area is 122 Å². The van der Waals surface area contributed by atoms with Crippen LogP contribution in [0.4, 0.5) is 4.39 Å². The minimum Gasteiger partial charge on any atom is -0.267 e. The Morgan fingerprint density at radius 1 is 1.30 bits per heavy atom. The van der Waals surface area contributed by atoms with Crippen molar-refractivity contribution in [2.45, 2.75) is 32.1 Å². The molecule has 20 heavy (non-hydrogen) atoms. The Bertz CT molecular complexity index is 637. The van der Waals surface area contributed by atoms with Gasteiger partial charge in [-0.2, -0.15) is 17.7 Å². The van der Waals surface area contributed by atoms with Crippen molar-refractivity contribution in [3.8, 4) is 11.3 Å². The number of halogens is 1. The van der Waals surface area contributed by atoms with E-state index in [1.165, 1.54) is 16.8 Å². The lowest BCUT2D eigenvalue weighted by molar-refractivity contribution is 0.542. The zero-order valence-electron chi connectivity index (χ0n) is 11.3. The van der Waals surface area contributed by atoms with E-state index < -0.39 is 0 Å². The van der Waals surface area contributed by atoms with Crippen molar-refractivity contribution in [3.05, 3.63) is 52.1 Å². The number of rotatable bonds is 5. The van der Waals surface area contributed by atoms with Gasteiger partial charge in [-0.15, -0.1) is 0 Å². The second kappa shape index (κ2) is 6.70. The van der Waals surface area contributed by atoms with E-state index in [1.807, 2.05) is 0 Å². The fourth-order valence-corrected chi connectivity index (χ4v) is 2.16. The van der Waals surface area contributed by atoms with Crippen molar-refractivity contribution < 1.29 is 4.39 Å². The van der Waals surface area contributed by atoms with Crippen LogP contribution in [0, 0.1) is 5.82 Å². The summed E-state index contributed by atoms with van der Waals surface area (Å²) in [7, 11) is 0. The molecule has 0 bridgehead atoms. The van der Waals surface area contributed by atoms with Gasteiger partial charge in [0.15, 0.2) is 0 Å². The number of aryl methyl sites for hydroxylation is 1. The number of aromatic nitrogens is 2. The highest BCUT2D eigenvalue weighted by Gasteiger charge is 2.09. The Morgan fingerprint density at radius 3 is 2.60 bits per heavy atom. The maximum atomic E-state index is 13.0. The predicted molar refractivity (Wildman–Crippen MR) is 81.5 cm³/mol. The van der Waals surface area contributed by atoms with Gasteiger partial charge < -0.3 is 0 Å². The maximum Gasteiger partial charge on any atom is 0.270 e. The summed E-state index contributed by atoms with van der Waals surface area (Å²) in [6.45, 7) is 2.65. The van der Waals surface area contributed by atoms with Crippen LogP contribution < -0.4 is 5.56 Å². The van der Waals surface area contributed by atoms with Gasteiger partial charge in [0.2, 0.25) is 0 Å². The molecule has 2 aromatic rings. The second-order valence-corrected chi connectivity index (χ2v) is 4.92. The van der Waals surface area contributed by atoms with Crippen LogP contribution >= 0.6 is 12.6 Å². The molecule has 3 nitrogen and oxygen atoms in total. The number of thiol groups is 1. The van der Waals surface area contributed by atoms with Gasteiger partial charge >= 0.3 is 0 Å². The largest absolute Gasteiger partial charge is 0.270 e. The molecule has 0 unspecified atom stereocenters. The van der Waals surface area contributed by atoms with Crippen molar-refractivity contribution in [2.75, 3.05) is 0 Å². The molecule has 1 aromatic carbocycles. The van der Waals surface area contributed by atoms with Gasteiger partial charge in [0.25, 0.3) is 5.56 Å². The van der Waals surface area contributed by atoms with Crippen molar-refractivity contribution in [2.24, 2.45) is 0 Å². The number of nitrogens with zero attached hydrogens (tertiary/aromatic N) is 2. The third-order valence-corrected chi connectivity index (χ3v) is 3.42. The summed E-state index contributed by atoms with van der Waals surface area (Å²) in [6.07, 6.45) is 1.89. The fourth-order valence-electron chi connectivity index (χ4n) is 1.93. The molecule has 0 atom stereocenters. The summed E-state index contributed by atoms with van der Waals surface area (Å²) in [4.78, 5) is 12.1. The van der Waals surface area contributed by atoms with Gasteiger partial charge in [-0.05, 0) is 36.8 Å². The molecular formula is C15H17FN2OS. The third kappa shape index (κ3) is 3.28. The van der Waals surface area contributed by atoms with E-state index in [0.717, 1.165) is 18.4 Å². The number of hydrogen-bond acceptors (Lipinski definition) is 3. The summed E-state index contributed by atoms with van der Waals surface area (Å²) in [6, 6.07) is 7.83. The topological polar surface area (TPSA) is 34.9 Å². The molecule has 0 aliphatic rings. The van der Waals surface area contributed by atoms with E-state index in [4.69, 9.17) is 0 Å². The van der Waals surface area contributed by atoms with E-state index >= 15 is 0 Å². The average molecular weight is 292 g/mol. The minimum atomic E-state index is -0.289. The van der Waals surface area contributed by atoms with Crippen LogP contribution in [0.3, 0.4) is 0 Å². The van der Waals surface area contributed by atoms with E-state index in [2.05, 4.69) is 24.7 Å². The van der Waals surface area contributed by atoms with Crippen molar-refractivity contribution in [1.29, 1.82) is 0 Å². The van der Waals surface area contributed by atoms with Gasteiger partial charge in [-0.3, -0.25) is 4.79 Å². The van der Waals surface area contributed by atoms with Crippen LogP contribution in [0.5, 0.6) is 0 Å². The molecule has 0 aliphatic heterocycles. The fraction of sp³-hybridized carbons (Fsp3) is 0.333. The van der Waals surface area contributed by atoms with Gasteiger partial charge in [0.05, 0.1) is 5.69 Å². The average Bonchev–Trinajstić information content (AvgIpc) is 2.47. The lowest BCUT2D eigenvalue weighted by Gasteiger charge is -2.09. The first kappa shape index (κ1) is 14.8. The second-order valence-electron chi connectivity index (χ2n) is 4.60. The SMILES string of the molecule is CCCCn1nc(-c2ccc(F)cc2)cc(CS)c1=O. The molecule has 0 aliphatic carbocycles. The van der Waals surface area contributed by atoms with E-state index in [0.29, 0.717) is 23.6 Å². The normalized spacial score (nSPS) is 10.8. The van der Waals surface area contributed by atoms with E-state index in [1.54, 1.807) is 18.2 Å². The molecule has 106 valence electrons. The molecule has 2 rings (SSSR count). The number of unbranched alkanes of at least 4 members (excludes halogenated alkanes) is 1. The van der Waals surface area contributed by atoms with E-state index in [9.17, 15) is 9.18 Å². The Kier molecular flexibility index (Phi) is 4.95. The highest BCUT2D eigenvalue weighted by atomic mass is 32.1. The number of hydrogen-bond donors (Lipinski definition) is 1. The highest BCUT2D eigenvalue weighted by Crippen LogP contribution is 2.17.